The molecule has 0 unspecified atom stereocenters. The van der Waals surface area contributed by atoms with Crippen molar-refractivity contribution in [2.75, 3.05) is 6.61 Å². The molecular weight excluding hydrogens is 254 g/mol. The van der Waals surface area contributed by atoms with Crippen molar-refractivity contribution in [1.29, 1.82) is 5.26 Å². The fraction of sp³-hybridized carbons (Fsp3) is 0.600. The summed E-state index contributed by atoms with van der Waals surface area (Å²) in [5.74, 6) is -0.0786. The van der Waals surface area contributed by atoms with E-state index in [2.05, 4.69) is 11.4 Å². The molecule has 0 saturated heterocycles. The Kier molecular flexibility index (Phi) is 5.78. The molecule has 1 heterocycles. The van der Waals surface area contributed by atoms with Gasteiger partial charge in [-0.1, -0.05) is 13.8 Å². The third-order valence-electron chi connectivity index (χ3n) is 3.47. The first-order valence-electron chi connectivity index (χ1n) is 6.87. The van der Waals surface area contributed by atoms with Gasteiger partial charge in [0.1, 0.15) is 17.8 Å². The maximum Gasteiger partial charge on any atom is 0.323 e. The lowest BCUT2D eigenvalue weighted by atomic mass is 10.0. The van der Waals surface area contributed by atoms with E-state index in [9.17, 15) is 4.79 Å². The molecule has 1 rings (SSSR count). The molecule has 0 radical (unpaired) electrons. The van der Waals surface area contributed by atoms with Crippen molar-refractivity contribution in [2.24, 2.45) is 13.0 Å². The van der Waals surface area contributed by atoms with Gasteiger partial charge < -0.3 is 14.6 Å². The monoisotopic (exact) mass is 277 g/mol. The van der Waals surface area contributed by atoms with Crippen LogP contribution in [-0.2, 0) is 23.1 Å². The fourth-order valence-corrected chi connectivity index (χ4v) is 2.09. The number of nitrogens with one attached hydrogen (secondary N) is 1. The summed E-state index contributed by atoms with van der Waals surface area (Å²) in [4.78, 5) is 11.9. The van der Waals surface area contributed by atoms with Crippen molar-refractivity contribution in [1.82, 2.24) is 9.88 Å². The highest BCUT2D eigenvalue weighted by Crippen LogP contribution is 2.14. The number of esters is 1. The van der Waals surface area contributed by atoms with Crippen LogP contribution in [0.5, 0.6) is 0 Å². The number of ether oxygens (including phenoxy) is 1. The first kappa shape index (κ1) is 16.3. The molecule has 0 aliphatic carbocycles. The number of nitrogens with zero attached hydrogens (tertiary/aromatic N) is 2. The minimum Gasteiger partial charge on any atom is -0.465 e. The van der Waals surface area contributed by atoms with Crippen molar-refractivity contribution in [3.8, 4) is 6.07 Å². The van der Waals surface area contributed by atoms with Crippen molar-refractivity contribution >= 4 is 5.97 Å². The average Bonchev–Trinajstić information content (AvgIpc) is 2.66. The van der Waals surface area contributed by atoms with Crippen LogP contribution in [0.1, 0.15) is 37.7 Å². The van der Waals surface area contributed by atoms with Gasteiger partial charge in [0.2, 0.25) is 0 Å². The Labute approximate surface area is 120 Å². The standard InChI is InChI=1S/C15H23N3O2/c1-6-20-15(19)14(10(2)3)17-9-12-7-13(8-16)18(5)11(12)4/h7,10,14,17H,6,9H2,1-5H3/t14-/m1/s1. The molecule has 0 amide bonds. The number of hydrogen-bond acceptors (Lipinski definition) is 4. The Morgan fingerprint density at radius 3 is 2.65 bits per heavy atom. The Bertz CT molecular complexity index is 512. The van der Waals surface area contributed by atoms with Crippen LogP contribution in [0.4, 0.5) is 0 Å². The molecule has 1 aromatic heterocycles. The van der Waals surface area contributed by atoms with Gasteiger partial charge in [0.15, 0.2) is 0 Å². The summed E-state index contributed by atoms with van der Waals surface area (Å²) in [5.41, 5.74) is 2.68. The summed E-state index contributed by atoms with van der Waals surface area (Å²) in [6, 6.07) is 3.67. The third-order valence-corrected chi connectivity index (χ3v) is 3.47. The van der Waals surface area contributed by atoms with Crippen LogP contribution in [0.25, 0.3) is 0 Å². The van der Waals surface area contributed by atoms with Crippen LogP contribution in [0.3, 0.4) is 0 Å². The lowest BCUT2D eigenvalue weighted by Crippen LogP contribution is -2.41. The van der Waals surface area contributed by atoms with Crippen molar-refractivity contribution in [3.63, 3.8) is 0 Å². The molecular formula is C15H23N3O2. The minimum atomic E-state index is -0.333. The molecule has 1 N–H and O–H groups in total. The Morgan fingerprint density at radius 2 is 2.20 bits per heavy atom. The molecule has 0 aromatic carbocycles. The summed E-state index contributed by atoms with van der Waals surface area (Å²) < 4.78 is 6.93. The van der Waals surface area contributed by atoms with Crippen LogP contribution in [0.2, 0.25) is 0 Å². The topological polar surface area (TPSA) is 67.0 Å². The van der Waals surface area contributed by atoms with Crippen molar-refractivity contribution < 1.29 is 9.53 Å². The lowest BCUT2D eigenvalue weighted by molar-refractivity contribution is -0.146. The Morgan fingerprint density at radius 1 is 1.55 bits per heavy atom. The predicted octanol–water partition coefficient (Wildman–Crippen LogP) is 1.88. The van der Waals surface area contributed by atoms with Gasteiger partial charge in [0, 0.05) is 19.3 Å². The minimum absolute atomic E-state index is 0.147. The largest absolute Gasteiger partial charge is 0.465 e. The van der Waals surface area contributed by atoms with Crippen LogP contribution in [0.15, 0.2) is 6.07 Å². The summed E-state index contributed by atoms with van der Waals surface area (Å²) in [5, 5.41) is 12.2. The molecule has 0 bridgehead atoms. The maximum absolute atomic E-state index is 11.9. The van der Waals surface area contributed by atoms with Crippen LogP contribution in [0, 0.1) is 24.2 Å². The van der Waals surface area contributed by atoms with Crippen molar-refractivity contribution in [3.05, 3.63) is 23.0 Å². The number of nitriles is 1. The summed E-state index contributed by atoms with van der Waals surface area (Å²) in [6.45, 7) is 8.65. The number of carbonyl (C=O) groups is 1. The smallest absolute Gasteiger partial charge is 0.323 e. The Balaban J connectivity index is 2.78. The number of rotatable bonds is 6. The van der Waals surface area contributed by atoms with Gasteiger partial charge in [-0.15, -0.1) is 0 Å². The average molecular weight is 277 g/mol. The molecule has 5 nitrogen and oxygen atoms in total. The molecule has 0 aliphatic rings. The summed E-state index contributed by atoms with van der Waals surface area (Å²) in [7, 11) is 1.86. The van der Waals surface area contributed by atoms with E-state index in [1.54, 1.807) is 6.92 Å². The van der Waals surface area contributed by atoms with E-state index in [0.29, 0.717) is 18.8 Å². The van der Waals surface area contributed by atoms with E-state index in [1.807, 2.05) is 38.5 Å². The second-order valence-electron chi connectivity index (χ2n) is 5.17. The SMILES string of the molecule is CCOC(=O)[C@H](NCc1cc(C#N)n(C)c1C)C(C)C. The van der Waals surface area contributed by atoms with Gasteiger partial charge in [-0.3, -0.25) is 4.79 Å². The highest BCUT2D eigenvalue weighted by molar-refractivity contribution is 5.76. The van der Waals surface area contributed by atoms with E-state index >= 15 is 0 Å². The molecule has 1 aromatic rings. The van der Waals surface area contributed by atoms with E-state index in [1.165, 1.54) is 0 Å². The fourth-order valence-electron chi connectivity index (χ4n) is 2.09. The van der Waals surface area contributed by atoms with Crippen LogP contribution >= 0.6 is 0 Å². The van der Waals surface area contributed by atoms with Crippen molar-refractivity contribution in [2.45, 2.75) is 40.3 Å². The molecule has 110 valence electrons. The van der Waals surface area contributed by atoms with Crippen LogP contribution in [-0.4, -0.2) is 23.2 Å². The van der Waals surface area contributed by atoms with Gasteiger partial charge in [-0.05, 0) is 31.4 Å². The zero-order valence-corrected chi connectivity index (χ0v) is 12.9. The molecule has 5 heteroatoms. The van der Waals surface area contributed by atoms with Gasteiger partial charge >= 0.3 is 5.97 Å². The first-order chi connectivity index (χ1) is 9.42. The first-order valence-corrected chi connectivity index (χ1v) is 6.87. The quantitative estimate of drug-likeness (QED) is 0.806. The van der Waals surface area contributed by atoms with Crippen LogP contribution < -0.4 is 5.32 Å². The zero-order valence-electron chi connectivity index (χ0n) is 12.9. The van der Waals surface area contributed by atoms with E-state index in [4.69, 9.17) is 10.00 Å². The second kappa shape index (κ2) is 7.11. The zero-order chi connectivity index (χ0) is 15.3. The highest BCUT2D eigenvalue weighted by Gasteiger charge is 2.23. The third kappa shape index (κ3) is 3.61. The lowest BCUT2D eigenvalue weighted by Gasteiger charge is -2.20. The molecule has 0 fully saturated rings. The molecule has 0 aliphatic heterocycles. The number of carbonyl (C=O) groups excluding carboxylic acids is 1. The number of aromatic nitrogens is 1. The highest BCUT2D eigenvalue weighted by atomic mass is 16.5. The normalized spacial score (nSPS) is 12.2. The predicted molar refractivity (Wildman–Crippen MR) is 77.0 cm³/mol. The van der Waals surface area contributed by atoms with E-state index in [0.717, 1.165) is 11.3 Å². The number of hydrogen-bond donors (Lipinski definition) is 1. The van der Waals surface area contributed by atoms with Gasteiger partial charge in [0.05, 0.1) is 6.61 Å². The molecule has 0 spiro atoms. The molecule has 0 saturated carbocycles. The van der Waals surface area contributed by atoms with Gasteiger partial charge in [-0.2, -0.15) is 5.26 Å². The van der Waals surface area contributed by atoms with Gasteiger partial charge in [-0.25, -0.2) is 0 Å². The summed E-state index contributed by atoms with van der Waals surface area (Å²) in [6.07, 6.45) is 0. The molecule has 1 atom stereocenters. The van der Waals surface area contributed by atoms with E-state index < -0.39 is 0 Å². The van der Waals surface area contributed by atoms with Gasteiger partial charge in [0.25, 0.3) is 0 Å². The second-order valence-corrected chi connectivity index (χ2v) is 5.17. The van der Waals surface area contributed by atoms with E-state index in [-0.39, 0.29) is 17.9 Å². The Hall–Kier alpha value is -1.80. The maximum atomic E-state index is 11.9. The summed E-state index contributed by atoms with van der Waals surface area (Å²) >= 11 is 0. The molecule has 20 heavy (non-hydrogen) atoms.